The predicted octanol–water partition coefficient (Wildman–Crippen LogP) is 1.25. The number of amides is 2. The first-order valence-electron chi connectivity index (χ1n) is 6.04. The Morgan fingerprint density at radius 1 is 1.61 bits per heavy atom. The Balaban J connectivity index is 2.20. The number of hydrogen-bond acceptors (Lipinski definition) is 4. The molecule has 1 aromatic rings. The van der Waals surface area contributed by atoms with Crippen LogP contribution in [0.15, 0.2) is 5.38 Å². The minimum atomic E-state index is -0.394. The molecule has 5 nitrogen and oxygen atoms in total. The molecule has 1 saturated heterocycles. The average Bonchev–Trinajstić information content (AvgIpc) is 2.77. The highest BCUT2D eigenvalue weighted by Crippen LogP contribution is 2.25. The third-order valence-corrected chi connectivity index (χ3v) is 4.23. The third-order valence-electron chi connectivity index (χ3n) is 3.10. The lowest BCUT2D eigenvalue weighted by atomic mass is 10.1. The fourth-order valence-electron chi connectivity index (χ4n) is 2.04. The van der Waals surface area contributed by atoms with Crippen molar-refractivity contribution in [2.45, 2.75) is 39.3 Å². The van der Waals surface area contributed by atoms with Crippen LogP contribution < -0.4 is 5.32 Å². The van der Waals surface area contributed by atoms with E-state index in [1.54, 1.807) is 4.90 Å². The first-order valence-corrected chi connectivity index (χ1v) is 6.92. The van der Waals surface area contributed by atoms with E-state index in [0.29, 0.717) is 6.42 Å². The first kappa shape index (κ1) is 13.0. The SMILES string of the molecule is CCC1NC(=O)CN(C(C)c2nc(C)cs2)C1=O. The number of rotatable bonds is 3. The highest BCUT2D eigenvalue weighted by Gasteiger charge is 2.35. The fraction of sp³-hybridized carbons (Fsp3) is 0.583. The molecule has 1 aliphatic heterocycles. The topological polar surface area (TPSA) is 62.3 Å². The van der Waals surface area contributed by atoms with Crippen LogP contribution in [0, 0.1) is 6.92 Å². The molecule has 1 aromatic heterocycles. The molecule has 2 unspecified atom stereocenters. The van der Waals surface area contributed by atoms with E-state index < -0.39 is 6.04 Å². The molecule has 0 aliphatic carbocycles. The molecular weight excluding hydrogens is 250 g/mol. The van der Waals surface area contributed by atoms with Crippen LogP contribution in [-0.4, -0.2) is 34.3 Å². The van der Waals surface area contributed by atoms with Crippen molar-refractivity contribution in [3.8, 4) is 0 Å². The summed E-state index contributed by atoms with van der Waals surface area (Å²) in [6.45, 7) is 5.85. The van der Waals surface area contributed by atoms with Gasteiger partial charge < -0.3 is 10.2 Å². The van der Waals surface area contributed by atoms with Gasteiger partial charge in [-0.15, -0.1) is 11.3 Å². The molecule has 2 atom stereocenters. The van der Waals surface area contributed by atoms with E-state index in [1.165, 1.54) is 11.3 Å². The molecule has 2 rings (SSSR count). The summed E-state index contributed by atoms with van der Waals surface area (Å²) in [7, 11) is 0. The Morgan fingerprint density at radius 2 is 2.33 bits per heavy atom. The van der Waals surface area contributed by atoms with Gasteiger partial charge in [0.25, 0.3) is 0 Å². The van der Waals surface area contributed by atoms with Crippen LogP contribution in [0.2, 0.25) is 0 Å². The normalized spacial score (nSPS) is 21.9. The minimum Gasteiger partial charge on any atom is -0.343 e. The summed E-state index contributed by atoms with van der Waals surface area (Å²) in [5.41, 5.74) is 0.947. The smallest absolute Gasteiger partial charge is 0.246 e. The van der Waals surface area contributed by atoms with Crippen molar-refractivity contribution in [3.05, 3.63) is 16.1 Å². The summed E-state index contributed by atoms with van der Waals surface area (Å²) in [5, 5.41) is 5.55. The van der Waals surface area contributed by atoms with Gasteiger partial charge in [0.05, 0.1) is 6.04 Å². The number of aromatic nitrogens is 1. The summed E-state index contributed by atoms with van der Waals surface area (Å²) >= 11 is 1.53. The van der Waals surface area contributed by atoms with Crippen LogP contribution in [0.5, 0.6) is 0 Å². The summed E-state index contributed by atoms with van der Waals surface area (Å²) in [6.07, 6.45) is 0.616. The number of carbonyl (C=O) groups excluding carboxylic acids is 2. The quantitative estimate of drug-likeness (QED) is 0.896. The Morgan fingerprint density at radius 3 is 2.89 bits per heavy atom. The van der Waals surface area contributed by atoms with Gasteiger partial charge in [-0.25, -0.2) is 4.98 Å². The molecule has 0 bridgehead atoms. The zero-order chi connectivity index (χ0) is 13.3. The predicted molar refractivity (Wildman–Crippen MR) is 69.2 cm³/mol. The summed E-state index contributed by atoms with van der Waals surface area (Å²) < 4.78 is 0. The van der Waals surface area contributed by atoms with E-state index in [-0.39, 0.29) is 24.4 Å². The second kappa shape index (κ2) is 5.06. The Bertz CT molecular complexity index is 472. The van der Waals surface area contributed by atoms with E-state index in [9.17, 15) is 9.59 Å². The lowest BCUT2D eigenvalue weighted by Gasteiger charge is -2.35. The molecule has 0 spiro atoms. The van der Waals surface area contributed by atoms with Crippen molar-refractivity contribution in [1.29, 1.82) is 0 Å². The second-order valence-electron chi connectivity index (χ2n) is 4.50. The van der Waals surface area contributed by atoms with Crippen LogP contribution in [0.3, 0.4) is 0 Å². The third kappa shape index (κ3) is 2.38. The molecule has 0 radical (unpaired) electrons. The maximum Gasteiger partial charge on any atom is 0.246 e. The summed E-state index contributed by atoms with van der Waals surface area (Å²) in [5.74, 6) is -0.112. The van der Waals surface area contributed by atoms with Gasteiger partial charge in [0, 0.05) is 11.1 Å². The van der Waals surface area contributed by atoms with E-state index in [4.69, 9.17) is 0 Å². The van der Waals surface area contributed by atoms with E-state index in [0.717, 1.165) is 10.7 Å². The van der Waals surface area contributed by atoms with Crippen molar-refractivity contribution in [2.24, 2.45) is 0 Å². The summed E-state index contributed by atoms with van der Waals surface area (Å²) in [6, 6.07) is -0.536. The van der Waals surface area contributed by atoms with Gasteiger partial charge in [0.1, 0.15) is 17.6 Å². The van der Waals surface area contributed by atoms with Gasteiger partial charge >= 0.3 is 0 Å². The van der Waals surface area contributed by atoms with Crippen molar-refractivity contribution >= 4 is 23.2 Å². The van der Waals surface area contributed by atoms with Crippen LogP contribution in [-0.2, 0) is 9.59 Å². The van der Waals surface area contributed by atoms with Crippen molar-refractivity contribution in [1.82, 2.24) is 15.2 Å². The van der Waals surface area contributed by atoms with Crippen LogP contribution >= 0.6 is 11.3 Å². The zero-order valence-electron chi connectivity index (χ0n) is 10.8. The lowest BCUT2D eigenvalue weighted by Crippen LogP contribution is -2.58. The molecule has 2 heterocycles. The van der Waals surface area contributed by atoms with Gasteiger partial charge in [0.15, 0.2) is 0 Å². The maximum absolute atomic E-state index is 12.2. The van der Waals surface area contributed by atoms with Crippen molar-refractivity contribution in [2.75, 3.05) is 6.54 Å². The Labute approximate surface area is 110 Å². The molecule has 1 aliphatic rings. The van der Waals surface area contributed by atoms with E-state index in [2.05, 4.69) is 10.3 Å². The number of hydrogen-bond donors (Lipinski definition) is 1. The van der Waals surface area contributed by atoms with Crippen LogP contribution in [0.1, 0.15) is 37.0 Å². The largest absolute Gasteiger partial charge is 0.343 e. The maximum atomic E-state index is 12.2. The molecule has 0 aromatic carbocycles. The molecule has 98 valence electrons. The number of thiazole rings is 1. The average molecular weight is 267 g/mol. The number of carbonyl (C=O) groups is 2. The molecule has 2 amide bonds. The molecule has 6 heteroatoms. The van der Waals surface area contributed by atoms with E-state index in [1.807, 2.05) is 26.2 Å². The molecule has 18 heavy (non-hydrogen) atoms. The molecule has 1 fully saturated rings. The Hall–Kier alpha value is -1.43. The highest BCUT2D eigenvalue weighted by atomic mass is 32.1. The van der Waals surface area contributed by atoms with Gasteiger partial charge in [0.2, 0.25) is 11.8 Å². The first-order chi connectivity index (χ1) is 8.52. The minimum absolute atomic E-state index is 0.0162. The second-order valence-corrected chi connectivity index (χ2v) is 5.39. The van der Waals surface area contributed by atoms with Gasteiger partial charge in [-0.1, -0.05) is 6.92 Å². The van der Waals surface area contributed by atoms with E-state index >= 15 is 0 Å². The Kier molecular flexibility index (Phi) is 3.65. The zero-order valence-corrected chi connectivity index (χ0v) is 11.6. The van der Waals surface area contributed by atoms with Crippen molar-refractivity contribution < 1.29 is 9.59 Å². The fourth-order valence-corrected chi connectivity index (χ4v) is 2.90. The number of nitrogens with zero attached hydrogens (tertiary/aromatic N) is 2. The van der Waals surface area contributed by atoms with Crippen molar-refractivity contribution in [3.63, 3.8) is 0 Å². The monoisotopic (exact) mass is 267 g/mol. The molecule has 0 saturated carbocycles. The molecular formula is C12H17N3O2S. The van der Waals surface area contributed by atoms with Gasteiger partial charge in [-0.3, -0.25) is 9.59 Å². The summed E-state index contributed by atoms with van der Waals surface area (Å²) in [4.78, 5) is 29.8. The lowest BCUT2D eigenvalue weighted by molar-refractivity contribution is -0.146. The standard InChI is InChI=1S/C12H17N3O2S/c1-4-9-12(17)15(5-10(16)14-9)8(3)11-13-7(2)6-18-11/h6,8-9H,4-5H2,1-3H3,(H,14,16). The highest BCUT2D eigenvalue weighted by molar-refractivity contribution is 7.09. The number of aryl methyl sites for hydroxylation is 1. The van der Waals surface area contributed by atoms with Gasteiger partial charge in [-0.05, 0) is 20.3 Å². The van der Waals surface area contributed by atoms with Gasteiger partial charge in [-0.2, -0.15) is 0 Å². The van der Waals surface area contributed by atoms with Crippen LogP contribution in [0.25, 0.3) is 0 Å². The molecule has 1 N–H and O–H groups in total. The number of piperazine rings is 1. The number of nitrogens with one attached hydrogen (secondary N) is 1. The van der Waals surface area contributed by atoms with Crippen LogP contribution in [0.4, 0.5) is 0 Å².